The summed E-state index contributed by atoms with van der Waals surface area (Å²) >= 11 is 0. The molecule has 0 aromatic rings. The maximum atomic E-state index is 11.1. The van der Waals surface area contributed by atoms with Gasteiger partial charge >= 0.3 is 18.9 Å². The van der Waals surface area contributed by atoms with Crippen molar-refractivity contribution in [1.82, 2.24) is 4.90 Å². The Kier molecular flexibility index (Phi) is 20.6. The quantitative estimate of drug-likeness (QED) is 0.241. The van der Waals surface area contributed by atoms with Gasteiger partial charge in [0.25, 0.3) is 0 Å². The Labute approximate surface area is 174 Å². The van der Waals surface area contributed by atoms with Crippen molar-refractivity contribution in [2.45, 2.75) is 104 Å². The molecular weight excluding hydrogens is 317 g/mol. The minimum absolute atomic E-state index is 0. The van der Waals surface area contributed by atoms with Crippen LogP contribution in [-0.2, 0) is 4.79 Å². The number of hydrogen-bond donors (Lipinski definition) is 0. The summed E-state index contributed by atoms with van der Waals surface area (Å²) in [6.45, 7) is 8.67. The van der Waals surface area contributed by atoms with E-state index in [1.54, 1.807) is 0 Å². The first kappa shape index (κ1) is 27.7. The normalized spacial score (nSPS) is 14.0. The van der Waals surface area contributed by atoms with Crippen LogP contribution >= 0.6 is 0 Å². The van der Waals surface area contributed by atoms with Crippen LogP contribution in [0.5, 0.6) is 0 Å². The van der Waals surface area contributed by atoms with Gasteiger partial charge in [0.2, 0.25) is 0 Å². The van der Waals surface area contributed by atoms with Gasteiger partial charge in [-0.15, -0.1) is 0 Å². The van der Waals surface area contributed by atoms with Crippen LogP contribution in [0.4, 0.5) is 0 Å². The summed E-state index contributed by atoms with van der Waals surface area (Å²) in [5, 5.41) is 11.1. The molecule has 3 nitrogen and oxygen atoms in total. The third-order valence-electron chi connectivity index (χ3n) is 4.73. The molecule has 0 spiro atoms. The number of carboxylic acid groups (broad SMARTS) is 1. The van der Waals surface area contributed by atoms with E-state index in [4.69, 9.17) is 0 Å². The first-order valence-electron chi connectivity index (χ1n) is 10.3. The van der Waals surface area contributed by atoms with Crippen LogP contribution in [0.25, 0.3) is 0 Å². The second-order valence-corrected chi connectivity index (χ2v) is 7.07. The van der Waals surface area contributed by atoms with E-state index in [2.05, 4.69) is 56.9 Å². The van der Waals surface area contributed by atoms with Crippen molar-refractivity contribution in [3.05, 3.63) is 24.3 Å². The fourth-order valence-corrected chi connectivity index (χ4v) is 3.20. The molecule has 0 heterocycles. The van der Waals surface area contributed by atoms with Crippen molar-refractivity contribution in [3.8, 4) is 0 Å². The first-order chi connectivity index (χ1) is 12.0. The monoisotopic (exact) mass is 357 g/mol. The Hall–Kier alpha value is -0.493. The van der Waals surface area contributed by atoms with Gasteiger partial charge in [0.05, 0.1) is 5.97 Å². The second kappa shape index (κ2) is 19.3. The number of allylic oxidation sites excluding steroid dienone is 4. The predicted octanol–water partition coefficient (Wildman–Crippen LogP) is 1.87. The molecule has 0 bridgehead atoms. The summed E-state index contributed by atoms with van der Waals surface area (Å²) in [4.78, 5) is 13.3. The summed E-state index contributed by atoms with van der Waals surface area (Å²) in [5.74, 6) is -0.963. The summed E-state index contributed by atoms with van der Waals surface area (Å²) in [5.41, 5.74) is 0. The molecule has 2 unspecified atom stereocenters. The van der Waals surface area contributed by atoms with Gasteiger partial charge in [0, 0.05) is 18.6 Å². The number of unbranched alkanes of at least 4 members (excludes halogenated alkanes) is 4. The average Bonchev–Trinajstić information content (AvgIpc) is 2.58. The topological polar surface area (TPSA) is 43.4 Å². The molecule has 2 atom stereocenters. The van der Waals surface area contributed by atoms with E-state index in [0.717, 1.165) is 51.4 Å². The van der Waals surface area contributed by atoms with Gasteiger partial charge in [-0.1, -0.05) is 51.0 Å². The van der Waals surface area contributed by atoms with Gasteiger partial charge in [-0.2, -0.15) is 0 Å². The zero-order valence-corrected chi connectivity index (χ0v) is 18.0. The van der Waals surface area contributed by atoms with Crippen LogP contribution in [0.1, 0.15) is 91.9 Å². The molecule has 0 amide bonds. The maximum absolute atomic E-state index is 11.1. The number of carbonyl (C=O) groups is 1. The summed E-state index contributed by atoms with van der Waals surface area (Å²) in [6, 6.07) is 0.589. The first-order valence-corrected chi connectivity index (χ1v) is 10.3. The van der Waals surface area contributed by atoms with E-state index in [1.807, 2.05) is 0 Å². The fraction of sp³-hybridized carbons (Fsp3) is 0.773. The predicted molar refractivity (Wildman–Crippen MR) is 106 cm³/mol. The minimum Gasteiger partial charge on any atom is -0.549 e. The number of carbonyl (C=O) groups excluding carboxylic acids is 1. The minimum atomic E-state index is -0.963. The molecule has 0 aromatic carbocycles. The molecule has 0 aliphatic carbocycles. The number of hydrogen-bond acceptors (Lipinski definition) is 3. The molecule has 0 radical (unpaired) electrons. The molecule has 0 aliphatic rings. The van der Waals surface area contributed by atoms with Crippen molar-refractivity contribution < 1.29 is 28.8 Å². The van der Waals surface area contributed by atoms with Gasteiger partial charge < -0.3 is 9.90 Å². The zero-order chi connectivity index (χ0) is 18.9. The number of nitrogens with zero attached hydrogens (tertiary/aromatic N) is 1. The molecule has 26 heavy (non-hydrogen) atoms. The second-order valence-electron chi connectivity index (χ2n) is 7.07. The van der Waals surface area contributed by atoms with Crippen LogP contribution in [-0.4, -0.2) is 29.5 Å². The van der Waals surface area contributed by atoms with E-state index in [0.29, 0.717) is 12.1 Å². The fourth-order valence-electron chi connectivity index (χ4n) is 3.20. The van der Waals surface area contributed by atoms with E-state index < -0.39 is 5.97 Å². The number of carboxylic acids is 1. The largest absolute Gasteiger partial charge is 1.00 e. The molecule has 0 aliphatic heterocycles. The van der Waals surface area contributed by atoms with Crippen LogP contribution in [0, 0.1) is 0 Å². The van der Waals surface area contributed by atoms with Gasteiger partial charge in [-0.25, -0.2) is 0 Å². The molecule has 0 N–H and O–H groups in total. The Bertz CT molecular complexity index is 354. The smallest absolute Gasteiger partial charge is 0.549 e. The van der Waals surface area contributed by atoms with Crippen LogP contribution in [0.15, 0.2) is 24.3 Å². The number of aliphatic carboxylic acids is 1. The average molecular weight is 358 g/mol. The molecule has 0 rings (SSSR count). The van der Waals surface area contributed by atoms with E-state index in [1.165, 1.54) is 12.8 Å². The summed E-state index contributed by atoms with van der Waals surface area (Å²) in [7, 11) is 0. The van der Waals surface area contributed by atoms with Crippen LogP contribution < -0.4 is 24.0 Å². The molecule has 146 valence electrons. The number of rotatable bonds is 16. The third-order valence-corrected chi connectivity index (χ3v) is 4.73. The molecule has 0 saturated heterocycles. The Morgan fingerprint density at radius 1 is 0.846 bits per heavy atom. The van der Waals surface area contributed by atoms with Crippen molar-refractivity contribution in [2.75, 3.05) is 6.54 Å². The van der Waals surface area contributed by atoms with Crippen molar-refractivity contribution >= 4 is 5.97 Å². The summed E-state index contributed by atoms with van der Waals surface area (Å²) < 4.78 is 0. The molecule has 4 heteroatoms. The SMILES string of the molecule is CC/C=C/CCCCC(C)N(CC(=O)[O-])C(C)CCCC/C=C/CC.[Li+]. The standard InChI is InChI=1S/C22H41NO2.Li/c1-5-7-9-11-13-15-17-20(3)23(19-22(24)25)21(4)18-16-14-12-10-8-6-2;/h7-10,20-21H,5-6,11-19H2,1-4H3,(H,24,25);/q;+1/p-1/b9-7+,10-8+;. The van der Waals surface area contributed by atoms with Gasteiger partial charge in [-0.05, 0) is 65.2 Å². The van der Waals surface area contributed by atoms with Crippen LogP contribution in [0.2, 0.25) is 0 Å². The van der Waals surface area contributed by atoms with Crippen LogP contribution in [0.3, 0.4) is 0 Å². The zero-order valence-electron chi connectivity index (χ0n) is 18.0. The molecular formula is C22H40LiNO2. The molecule has 0 aromatic heterocycles. The van der Waals surface area contributed by atoms with E-state index >= 15 is 0 Å². The molecule has 0 fully saturated rings. The van der Waals surface area contributed by atoms with Gasteiger partial charge in [0.1, 0.15) is 0 Å². The Morgan fingerprint density at radius 2 is 1.27 bits per heavy atom. The Morgan fingerprint density at radius 3 is 1.62 bits per heavy atom. The molecule has 0 saturated carbocycles. The third kappa shape index (κ3) is 15.7. The summed E-state index contributed by atoms with van der Waals surface area (Å²) in [6.07, 6.45) is 20.1. The van der Waals surface area contributed by atoms with Gasteiger partial charge in [-0.3, -0.25) is 4.90 Å². The van der Waals surface area contributed by atoms with Crippen molar-refractivity contribution in [2.24, 2.45) is 0 Å². The van der Waals surface area contributed by atoms with Crippen molar-refractivity contribution in [1.29, 1.82) is 0 Å². The Balaban J connectivity index is 0. The van der Waals surface area contributed by atoms with E-state index in [9.17, 15) is 9.90 Å². The van der Waals surface area contributed by atoms with E-state index in [-0.39, 0.29) is 25.4 Å². The maximum Gasteiger partial charge on any atom is 1.00 e. The van der Waals surface area contributed by atoms with Crippen molar-refractivity contribution in [3.63, 3.8) is 0 Å². The van der Waals surface area contributed by atoms with Gasteiger partial charge in [0.15, 0.2) is 0 Å².